The summed E-state index contributed by atoms with van der Waals surface area (Å²) >= 11 is 0. The molecule has 7 heteroatoms. The molecular weight excluding hydrogens is 390 g/mol. The van der Waals surface area contributed by atoms with Gasteiger partial charge in [-0.2, -0.15) is 0 Å². The molecule has 0 saturated carbocycles. The monoisotopic (exact) mass is 423 g/mol. The zero-order valence-electron chi connectivity index (χ0n) is 18.1. The van der Waals surface area contributed by atoms with Gasteiger partial charge in [-0.3, -0.25) is 14.6 Å². The second kappa shape index (κ2) is 11.0. The molecule has 2 aromatic rings. The molecule has 0 aliphatic carbocycles. The number of rotatable bonds is 9. The zero-order chi connectivity index (χ0) is 22.2. The van der Waals surface area contributed by atoms with Crippen molar-refractivity contribution in [3.8, 4) is 0 Å². The Morgan fingerprint density at radius 2 is 1.87 bits per heavy atom. The van der Waals surface area contributed by atoms with Crippen molar-refractivity contribution in [2.75, 3.05) is 6.54 Å². The highest BCUT2D eigenvalue weighted by atomic mass is 16.2. The molecule has 4 atom stereocenters. The van der Waals surface area contributed by atoms with Gasteiger partial charge in [0, 0.05) is 30.9 Å². The van der Waals surface area contributed by atoms with Crippen molar-refractivity contribution in [3.63, 3.8) is 0 Å². The molecule has 2 amide bonds. The van der Waals surface area contributed by atoms with Gasteiger partial charge in [0.25, 0.3) is 0 Å². The predicted molar refractivity (Wildman–Crippen MR) is 121 cm³/mol. The largest absolute Gasteiger partial charge is 0.347 e. The quantitative estimate of drug-likeness (QED) is 0.570. The minimum atomic E-state index is -0.627. The first kappa shape index (κ1) is 22.9. The van der Waals surface area contributed by atoms with Gasteiger partial charge in [0.15, 0.2) is 0 Å². The van der Waals surface area contributed by atoms with Crippen molar-refractivity contribution < 1.29 is 9.59 Å². The average Bonchev–Trinajstić information content (AvgIpc) is 3.28. The highest BCUT2D eigenvalue weighted by Crippen LogP contribution is 2.22. The number of hydrogen-bond acceptors (Lipinski definition) is 5. The molecule has 1 aromatic heterocycles. The number of carbonyl (C=O) groups is 2. The molecule has 5 N–H and O–H groups in total. The van der Waals surface area contributed by atoms with Crippen LogP contribution in [0.1, 0.15) is 49.9 Å². The summed E-state index contributed by atoms with van der Waals surface area (Å²) in [5.41, 5.74) is 13.8. The molecule has 166 valence electrons. The molecule has 2 heterocycles. The fraction of sp³-hybridized carbons (Fsp3) is 0.458. The summed E-state index contributed by atoms with van der Waals surface area (Å²) in [6, 6.07) is 14.2. The van der Waals surface area contributed by atoms with E-state index in [4.69, 9.17) is 11.5 Å². The maximum Gasteiger partial charge on any atom is 0.243 e. The van der Waals surface area contributed by atoms with Gasteiger partial charge in [-0.1, -0.05) is 36.4 Å². The zero-order valence-corrected chi connectivity index (χ0v) is 18.1. The Balaban J connectivity index is 1.70. The fourth-order valence-corrected chi connectivity index (χ4v) is 4.02. The van der Waals surface area contributed by atoms with Crippen LogP contribution in [-0.4, -0.2) is 46.4 Å². The van der Waals surface area contributed by atoms with Gasteiger partial charge >= 0.3 is 0 Å². The number of carbonyl (C=O) groups excluding carboxylic acids is 2. The number of nitrogens with one attached hydrogen (secondary N) is 1. The number of amides is 2. The number of pyridine rings is 1. The summed E-state index contributed by atoms with van der Waals surface area (Å²) in [7, 11) is 0. The van der Waals surface area contributed by atoms with E-state index < -0.39 is 12.1 Å². The Labute approximate surface area is 184 Å². The van der Waals surface area contributed by atoms with Crippen LogP contribution >= 0.6 is 0 Å². The standard InChI is InChI=1S/C24H33N5O2/c1-17(25)12-13-20(26)24(31)29-15-7-11-22(29)23(30)28-21(18-8-3-2-4-9-18)16-19-10-5-6-14-27-19/h2-6,8-10,14,17,20-22H,7,11-13,15-16,25-26H2,1H3,(H,28,30)/t17?,20-,21-,22-/m0/s1. The lowest BCUT2D eigenvalue weighted by Crippen LogP contribution is -2.52. The summed E-state index contributed by atoms with van der Waals surface area (Å²) < 4.78 is 0. The van der Waals surface area contributed by atoms with Gasteiger partial charge in [-0.15, -0.1) is 0 Å². The van der Waals surface area contributed by atoms with Crippen LogP contribution < -0.4 is 16.8 Å². The lowest BCUT2D eigenvalue weighted by atomic mass is 10.0. The number of nitrogens with two attached hydrogens (primary N) is 2. The topological polar surface area (TPSA) is 114 Å². The van der Waals surface area contributed by atoms with Crippen LogP contribution in [0.4, 0.5) is 0 Å². The van der Waals surface area contributed by atoms with Crippen LogP contribution in [0.25, 0.3) is 0 Å². The van der Waals surface area contributed by atoms with Gasteiger partial charge in [-0.05, 0) is 50.3 Å². The molecule has 1 aliphatic heterocycles. The summed E-state index contributed by atoms with van der Waals surface area (Å²) in [5, 5.41) is 3.16. The lowest BCUT2D eigenvalue weighted by Gasteiger charge is -2.29. The fourth-order valence-electron chi connectivity index (χ4n) is 4.02. The van der Waals surface area contributed by atoms with Crippen molar-refractivity contribution >= 4 is 11.8 Å². The highest BCUT2D eigenvalue weighted by molar-refractivity contribution is 5.90. The first-order valence-corrected chi connectivity index (χ1v) is 11.0. The molecule has 0 radical (unpaired) electrons. The van der Waals surface area contributed by atoms with Crippen molar-refractivity contribution in [2.24, 2.45) is 11.5 Å². The number of hydrogen-bond donors (Lipinski definition) is 3. The molecular formula is C24H33N5O2. The van der Waals surface area contributed by atoms with Crippen molar-refractivity contribution in [3.05, 3.63) is 66.0 Å². The maximum absolute atomic E-state index is 13.2. The molecule has 0 bridgehead atoms. The Hall–Kier alpha value is -2.77. The molecule has 1 unspecified atom stereocenters. The summed E-state index contributed by atoms with van der Waals surface area (Å²) in [6.45, 7) is 2.45. The van der Waals surface area contributed by atoms with Gasteiger partial charge in [0.05, 0.1) is 12.1 Å². The maximum atomic E-state index is 13.2. The van der Waals surface area contributed by atoms with E-state index in [0.29, 0.717) is 32.2 Å². The number of nitrogens with zero attached hydrogens (tertiary/aromatic N) is 2. The Bertz CT molecular complexity index is 844. The van der Waals surface area contributed by atoms with E-state index >= 15 is 0 Å². The van der Waals surface area contributed by atoms with Gasteiger partial charge in [0.1, 0.15) is 6.04 Å². The Morgan fingerprint density at radius 3 is 2.55 bits per heavy atom. The molecule has 1 fully saturated rings. The molecule has 1 aliphatic rings. The Kier molecular flexibility index (Phi) is 8.14. The van der Waals surface area contributed by atoms with Crippen molar-refractivity contribution in [2.45, 2.75) is 63.2 Å². The lowest BCUT2D eigenvalue weighted by molar-refractivity contribution is -0.139. The summed E-state index contributed by atoms with van der Waals surface area (Å²) in [4.78, 5) is 32.2. The normalized spacial score (nSPS) is 18.9. The van der Waals surface area contributed by atoms with Gasteiger partial charge < -0.3 is 21.7 Å². The first-order chi connectivity index (χ1) is 15.0. The average molecular weight is 424 g/mol. The number of aromatic nitrogens is 1. The van der Waals surface area contributed by atoms with Crippen LogP contribution in [0.5, 0.6) is 0 Å². The Morgan fingerprint density at radius 1 is 1.13 bits per heavy atom. The van der Waals surface area contributed by atoms with E-state index in [9.17, 15) is 9.59 Å². The molecule has 0 spiro atoms. The summed E-state index contributed by atoms with van der Waals surface area (Å²) in [6.07, 6.45) is 4.96. The van der Waals surface area contributed by atoms with Crippen LogP contribution in [0, 0.1) is 0 Å². The van der Waals surface area contributed by atoms with Gasteiger partial charge in [-0.25, -0.2) is 0 Å². The summed E-state index contributed by atoms with van der Waals surface area (Å²) in [5.74, 6) is -0.311. The SMILES string of the molecule is CC(N)CC[C@H](N)C(=O)N1CCC[C@H]1C(=O)N[C@@H](Cc1ccccn1)c1ccccc1. The van der Waals surface area contributed by atoms with E-state index in [1.54, 1.807) is 11.1 Å². The number of benzene rings is 1. The van der Waals surface area contributed by atoms with E-state index in [1.807, 2.05) is 55.5 Å². The smallest absolute Gasteiger partial charge is 0.243 e. The third-order valence-corrected chi connectivity index (χ3v) is 5.75. The van der Waals surface area contributed by atoms with E-state index in [-0.39, 0.29) is 23.9 Å². The molecule has 1 saturated heterocycles. The minimum absolute atomic E-state index is 0.00486. The predicted octanol–water partition coefficient (Wildman–Crippen LogP) is 1.93. The highest BCUT2D eigenvalue weighted by Gasteiger charge is 2.36. The van der Waals surface area contributed by atoms with E-state index in [2.05, 4.69) is 10.3 Å². The molecule has 1 aromatic carbocycles. The molecule has 3 rings (SSSR count). The van der Waals surface area contributed by atoms with E-state index in [0.717, 1.165) is 17.7 Å². The van der Waals surface area contributed by atoms with Crippen LogP contribution in [0.15, 0.2) is 54.7 Å². The van der Waals surface area contributed by atoms with Crippen LogP contribution in [0.2, 0.25) is 0 Å². The van der Waals surface area contributed by atoms with Crippen molar-refractivity contribution in [1.82, 2.24) is 15.2 Å². The second-order valence-corrected chi connectivity index (χ2v) is 8.35. The van der Waals surface area contributed by atoms with Crippen molar-refractivity contribution in [1.29, 1.82) is 0 Å². The minimum Gasteiger partial charge on any atom is -0.347 e. The molecule has 7 nitrogen and oxygen atoms in total. The number of likely N-dealkylation sites (tertiary alicyclic amines) is 1. The van der Waals surface area contributed by atoms with E-state index in [1.165, 1.54) is 0 Å². The van der Waals surface area contributed by atoms with Gasteiger partial charge in [0.2, 0.25) is 11.8 Å². The second-order valence-electron chi connectivity index (χ2n) is 8.35. The van der Waals surface area contributed by atoms with Crippen LogP contribution in [0.3, 0.4) is 0 Å². The molecule has 31 heavy (non-hydrogen) atoms. The van der Waals surface area contributed by atoms with Crippen LogP contribution in [-0.2, 0) is 16.0 Å². The third kappa shape index (κ3) is 6.35. The third-order valence-electron chi connectivity index (χ3n) is 5.75. The first-order valence-electron chi connectivity index (χ1n) is 11.0.